The smallest absolute Gasteiger partial charge is 0.307 e. The molecule has 2 atom stereocenters. The van der Waals surface area contributed by atoms with E-state index in [1.165, 1.54) is 6.92 Å². The number of nitrogens with one attached hydrogen (secondary N) is 1. The quantitative estimate of drug-likeness (QED) is 0.766. The molecule has 1 fully saturated rings. The maximum Gasteiger partial charge on any atom is 0.307 e. The molecule has 0 saturated carbocycles. The van der Waals surface area contributed by atoms with Gasteiger partial charge in [-0.2, -0.15) is 0 Å². The van der Waals surface area contributed by atoms with Gasteiger partial charge < -0.3 is 10.4 Å². The maximum absolute atomic E-state index is 11.8. The molecular formula is C11H19NO4S. The van der Waals surface area contributed by atoms with Gasteiger partial charge in [-0.05, 0) is 12.8 Å². The van der Waals surface area contributed by atoms with Crippen molar-refractivity contribution < 1.29 is 18.9 Å². The molecule has 0 radical (unpaired) electrons. The van der Waals surface area contributed by atoms with Crippen LogP contribution in [0.4, 0.5) is 0 Å². The molecule has 5 nitrogen and oxygen atoms in total. The minimum Gasteiger partial charge on any atom is -0.481 e. The molecule has 2 unspecified atom stereocenters. The molecule has 0 spiro atoms. The first-order valence-corrected chi connectivity index (χ1v) is 7.28. The molecule has 1 saturated heterocycles. The number of aliphatic carboxylic acids is 1. The molecule has 17 heavy (non-hydrogen) atoms. The number of carboxylic acids is 1. The summed E-state index contributed by atoms with van der Waals surface area (Å²) >= 11 is 0. The minimum absolute atomic E-state index is 0.0450. The van der Waals surface area contributed by atoms with Crippen LogP contribution in [-0.2, 0) is 20.4 Å². The molecule has 2 N–H and O–H groups in total. The first-order chi connectivity index (χ1) is 7.91. The lowest BCUT2D eigenvalue weighted by Gasteiger charge is -2.25. The summed E-state index contributed by atoms with van der Waals surface area (Å²) in [6.07, 6.45) is 1.43. The van der Waals surface area contributed by atoms with Crippen molar-refractivity contribution in [1.82, 2.24) is 5.32 Å². The van der Waals surface area contributed by atoms with Crippen molar-refractivity contribution in [3.63, 3.8) is 0 Å². The van der Waals surface area contributed by atoms with Gasteiger partial charge in [0.15, 0.2) is 0 Å². The number of hydrogen-bond donors (Lipinski definition) is 2. The standard InChI is InChI=1S/C11H19NO4S/c1-7(8(2)11(14)15)10(13)12-9-3-5-17(16)6-4-9/h7-9H,3-6H2,1-2H3,(H,12,13)(H,14,15). The molecule has 0 aromatic rings. The molecule has 1 aliphatic heterocycles. The van der Waals surface area contributed by atoms with E-state index in [1.54, 1.807) is 6.92 Å². The van der Waals surface area contributed by atoms with Gasteiger partial charge in [-0.1, -0.05) is 13.8 Å². The van der Waals surface area contributed by atoms with Gasteiger partial charge in [0.05, 0.1) is 5.92 Å². The van der Waals surface area contributed by atoms with Crippen molar-refractivity contribution >= 4 is 22.7 Å². The number of carboxylic acid groups (broad SMARTS) is 1. The Balaban J connectivity index is 2.43. The van der Waals surface area contributed by atoms with Crippen molar-refractivity contribution in [2.75, 3.05) is 11.5 Å². The van der Waals surface area contributed by atoms with Crippen LogP contribution in [0.3, 0.4) is 0 Å². The predicted octanol–water partition coefficient (Wildman–Crippen LogP) is 0.370. The number of carbonyl (C=O) groups is 2. The van der Waals surface area contributed by atoms with Gasteiger partial charge in [0.1, 0.15) is 0 Å². The van der Waals surface area contributed by atoms with Crippen LogP contribution in [0.5, 0.6) is 0 Å². The fraction of sp³-hybridized carbons (Fsp3) is 0.818. The zero-order valence-electron chi connectivity index (χ0n) is 10.1. The van der Waals surface area contributed by atoms with Gasteiger partial charge in [0, 0.05) is 34.3 Å². The lowest BCUT2D eigenvalue weighted by molar-refractivity contribution is -0.146. The average Bonchev–Trinajstić information content (AvgIpc) is 2.30. The SMILES string of the molecule is CC(C(=O)O)C(C)C(=O)NC1CCS(=O)CC1. The summed E-state index contributed by atoms with van der Waals surface area (Å²) in [4.78, 5) is 22.5. The summed E-state index contributed by atoms with van der Waals surface area (Å²) < 4.78 is 11.1. The first-order valence-electron chi connectivity index (χ1n) is 5.80. The van der Waals surface area contributed by atoms with Crippen LogP contribution < -0.4 is 5.32 Å². The third-order valence-corrected chi connectivity index (χ3v) is 4.67. The van der Waals surface area contributed by atoms with E-state index in [0.717, 1.165) is 0 Å². The Morgan fingerprint density at radius 2 is 1.76 bits per heavy atom. The van der Waals surface area contributed by atoms with Crippen LogP contribution in [-0.4, -0.2) is 38.7 Å². The molecule has 0 bridgehead atoms. The van der Waals surface area contributed by atoms with Gasteiger partial charge in [0.25, 0.3) is 0 Å². The Hall–Kier alpha value is -0.910. The fourth-order valence-electron chi connectivity index (χ4n) is 1.71. The second kappa shape index (κ2) is 6.14. The van der Waals surface area contributed by atoms with Crippen LogP contribution in [0.25, 0.3) is 0 Å². The Bertz CT molecular complexity index is 321. The van der Waals surface area contributed by atoms with E-state index < -0.39 is 28.6 Å². The second-order valence-corrected chi connectivity index (χ2v) is 6.24. The van der Waals surface area contributed by atoms with Crippen molar-refractivity contribution in [3.8, 4) is 0 Å². The van der Waals surface area contributed by atoms with E-state index in [-0.39, 0.29) is 11.9 Å². The highest BCUT2D eigenvalue weighted by Gasteiger charge is 2.28. The molecule has 6 heteroatoms. The Labute approximate surface area is 103 Å². The summed E-state index contributed by atoms with van der Waals surface area (Å²) in [7, 11) is -0.748. The van der Waals surface area contributed by atoms with Crippen molar-refractivity contribution in [2.24, 2.45) is 11.8 Å². The first kappa shape index (κ1) is 14.2. The largest absolute Gasteiger partial charge is 0.481 e. The molecule has 0 aliphatic carbocycles. The van der Waals surface area contributed by atoms with Crippen molar-refractivity contribution in [3.05, 3.63) is 0 Å². The van der Waals surface area contributed by atoms with E-state index in [2.05, 4.69) is 5.32 Å². The highest BCUT2D eigenvalue weighted by Crippen LogP contribution is 2.14. The third kappa shape index (κ3) is 4.11. The van der Waals surface area contributed by atoms with Crippen LogP contribution in [0.1, 0.15) is 26.7 Å². The molecule has 0 aromatic carbocycles. The average molecular weight is 261 g/mol. The van der Waals surface area contributed by atoms with Gasteiger partial charge in [0.2, 0.25) is 5.91 Å². The molecule has 0 aromatic heterocycles. The number of carbonyl (C=O) groups excluding carboxylic acids is 1. The maximum atomic E-state index is 11.8. The van der Waals surface area contributed by atoms with Crippen molar-refractivity contribution in [1.29, 1.82) is 0 Å². The third-order valence-electron chi connectivity index (χ3n) is 3.29. The fourth-order valence-corrected chi connectivity index (χ4v) is 3.01. The zero-order valence-corrected chi connectivity index (χ0v) is 11.0. The number of amides is 1. The summed E-state index contributed by atoms with van der Waals surface area (Å²) in [5.74, 6) is -1.18. The van der Waals surface area contributed by atoms with E-state index in [0.29, 0.717) is 24.3 Å². The van der Waals surface area contributed by atoms with E-state index >= 15 is 0 Å². The molecule has 98 valence electrons. The van der Waals surface area contributed by atoms with Crippen LogP contribution in [0, 0.1) is 11.8 Å². The highest BCUT2D eigenvalue weighted by atomic mass is 32.2. The summed E-state index contributed by atoms with van der Waals surface area (Å²) in [6, 6.07) is 0.0450. The van der Waals surface area contributed by atoms with Crippen molar-refractivity contribution in [2.45, 2.75) is 32.7 Å². The normalized spacial score (nSPS) is 28.1. The van der Waals surface area contributed by atoms with E-state index in [1.807, 2.05) is 0 Å². The van der Waals surface area contributed by atoms with E-state index in [4.69, 9.17) is 5.11 Å². The highest BCUT2D eigenvalue weighted by molar-refractivity contribution is 7.85. The molecule has 1 aliphatic rings. The molecule has 1 amide bonds. The zero-order chi connectivity index (χ0) is 13.0. The lowest BCUT2D eigenvalue weighted by Crippen LogP contribution is -2.44. The van der Waals surface area contributed by atoms with Gasteiger partial charge in [-0.15, -0.1) is 0 Å². The van der Waals surface area contributed by atoms with Gasteiger partial charge in [-0.25, -0.2) is 0 Å². The van der Waals surface area contributed by atoms with Gasteiger partial charge in [-0.3, -0.25) is 13.8 Å². The topological polar surface area (TPSA) is 83.5 Å². The van der Waals surface area contributed by atoms with Crippen LogP contribution in [0.15, 0.2) is 0 Å². The Kier molecular flexibility index (Phi) is 5.11. The Morgan fingerprint density at radius 1 is 1.24 bits per heavy atom. The van der Waals surface area contributed by atoms with Gasteiger partial charge >= 0.3 is 5.97 Å². The number of rotatable bonds is 4. The second-order valence-electron chi connectivity index (χ2n) is 4.55. The predicted molar refractivity (Wildman–Crippen MR) is 65.0 cm³/mol. The summed E-state index contributed by atoms with van der Waals surface area (Å²) in [5, 5.41) is 11.7. The summed E-state index contributed by atoms with van der Waals surface area (Å²) in [5.41, 5.74) is 0. The monoisotopic (exact) mass is 261 g/mol. The van der Waals surface area contributed by atoms with E-state index in [9.17, 15) is 13.8 Å². The molecule has 1 heterocycles. The molecule has 1 rings (SSSR count). The van der Waals surface area contributed by atoms with Crippen LogP contribution >= 0.6 is 0 Å². The van der Waals surface area contributed by atoms with Crippen LogP contribution in [0.2, 0.25) is 0 Å². The molecular weight excluding hydrogens is 242 g/mol. The Morgan fingerprint density at radius 3 is 2.24 bits per heavy atom. The number of hydrogen-bond acceptors (Lipinski definition) is 3. The minimum atomic E-state index is -0.961. The summed E-state index contributed by atoms with van der Waals surface area (Å²) in [6.45, 7) is 3.15. The lowest BCUT2D eigenvalue weighted by atomic mass is 9.95.